The van der Waals surface area contributed by atoms with Crippen molar-refractivity contribution >= 4 is 0 Å². The van der Waals surface area contributed by atoms with Crippen molar-refractivity contribution in [1.29, 1.82) is 0 Å². The Morgan fingerprint density at radius 2 is 0.370 bits per heavy atom. The molecule has 0 aliphatic carbocycles. The molecule has 0 aliphatic heterocycles. The summed E-state index contributed by atoms with van der Waals surface area (Å²) in [5.74, 6) is 67.7. The Morgan fingerprint density at radius 1 is 0.190 bits per heavy atom. The summed E-state index contributed by atoms with van der Waals surface area (Å²) in [6, 6.07) is 23.1. The molecule has 0 N–H and O–H groups in total. The Morgan fingerprint density at radius 3 is 0.460 bits per heavy atom. The van der Waals surface area contributed by atoms with Crippen molar-refractivity contribution in [3.63, 3.8) is 0 Å². The van der Waals surface area contributed by atoms with Gasteiger partial charge in [0.05, 0.1) is 0 Å². The second-order valence-corrected chi connectivity index (χ2v) is 15.8. The van der Waals surface area contributed by atoms with Gasteiger partial charge < -0.3 is 9.47 Å². The standard InChI is InChI=1S/2C6H10O.C6H6.C5H5N.10C5H8.3C4H4N2.C3H3N3/c2*1-3-4-5-6-7-2;2*1-2-4-6-5-3-1;10*1-3-5-4-2;1-2-6-4-3-5-1;1-2-5-4-6-3-1;1-2-4-6-5-3-1;1-4-2-6-3-5-1/h2*3,6H2,1-2H3;1-6H;1-5H;10*3H2,1-2H3;3*1-4H;1-3H. The number of pyridine rings is 1. The summed E-state index contributed by atoms with van der Waals surface area (Å²) < 4.78 is 9.34. The Labute approximate surface area is 615 Å². The number of methoxy groups -OCH3 is 2. The lowest BCUT2D eigenvalue weighted by Gasteiger charge is -1.79. The minimum Gasteiger partial charge on any atom is -0.372 e. The van der Waals surface area contributed by atoms with Gasteiger partial charge in [0, 0.05) is 153 Å². The van der Waals surface area contributed by atoms with Gasteiger partial charge in [-0.1, -0.05) is 137 Å². The molecule has 6 aromatic rings. The van der Waals surface area contributed by atoms with Crippen molar-refractivity contribution in [3.8, 4) is 142 Å². The molecule has 100 heavy (non-hydrogen) atoms. The maximum absolute atomic E-state index is 4.67. The first kappa shape index (κ1) is 116. The van der Waals surface area contributed by atoms with Crippen LogP contribution in [0.5, 0.6) is 0 Å². The second kappa shape index (κ2) is 158. The molecule has 0 fully saturated rings. The molecule has 0 aliphatic rings. The molecular formula is C88H126N10O2. The summed E-state index contributed by atoms with van der Waals surface area (Å²) in [6.07, 6.45) is 34.2. The van der Waals surface area contributed by atoms with Crippen LogP contribution >= 0.6 is 0 Å². The number of ether oxygens (including phenoxy) is 2. The maximum atomic E-state index is 4.67. The van der Waals surface area contributed by atoms with Crippen molar-refractivity contribution in [2.75, 3.05) is 27.4 Å². The van der Waals surface area contributed by atoms with Crippen LogP contribution in [-0.4, -0.2) is 77.5 Å². The van der Waals surface area contributed by atoms with Gasteiger partial charge in [-0.25, -0.2) is 24.9 Å². The lowest BCUT2D eigenvalue weighted by molar-refractivity contribution is 0.239. The fraction of sp³-hybridized carbons (Fsp3) is 0.432. The Balaban J connectivity index is -0.0000000821. The SMILES string of the molecule is CC#CCC.CC#CCC.CC#CCC.CC#CCC.CC#CCC.CC#CCC.CC#CCC.CC#CCC.CC#CCC.CC#CCC.CCC#CCOC.CCC#CCOC.c1ccccc1.c1ccncc1.c1ccnnc1.c1cnccn1.c1cncnc1.c1ncncn1. The number of hydrogen-bond donors (Lipinski definition) is 0. The Bertz CT molecular complexity index is 2370. The molecule has 0 radical (unpaired) electrons. The molecule has 0 unspecified atom stereocenters. The van der Waals surface area contributed by atoms with E-state index in [-0.39, 0.29) is 0 Å². The van der Waals surface area contributed by atoms with Crippen LogP contribution in [0.25, 0.3) is 0 Å². The van der Waals surface area contributed by atoms with Gasteiger partial charge in [-0.3, -0.25) is 15.0 Å². The van der Waals surface area contributed by atoms with Crippen LogP contribution in [-0.2, 0) is 9.47 Å². The summed E-state index contributed by atoms with van der Waals surface area (Å²) in [6.45, 7) is 44.0. The van der Waals surface area contributed by atoms with Crippen molar-refractivity contribution in [2.24, 2.45) is 0 Å². The molecular weight excluding hydrogens is 1230 g/mol. The van der Waals surface area contributed by atoms with E-state index < -0.39 is 0 Å². The fourth-order valence-electron chi connectivity index (χ4n) is 3.93. The first-order valence-corrected chi connectivity index (χ1v) is 33.3. The van der Waals surface area contributed by atoms with E-state index >= 15 is 0 Å². The van der Waals surface area contributed by atoms with Gasteiger partial charge in [-0.05, 0) is 99.6 Å². The Hall–Kier alpha value is -10.7. The van der Waals surface area contributed by atoms with Gasteiger partial charge in [0.25, 0.3) is 0 Å². The number of nitrogens with zero attached hydrogens (tertiary/aromatic N) is 10. The zero-order valence-corrected chi connectivity index (χ0v) is 66.2. The van der Waals surface area contributed by atoms with E-state index in [1.54, 1.807) is 82.3 Å². The van der Waals surface area contributed by atoms with Crippen molar-refractivity contribution in [2.45, 2.75) is 229 Å². The number of aromatic nitrogens is 10. The largest absolute Gasteiger partial charge is 0.372 e. The lowest BCUT2D eigenvalue weighted by Crippen LogP contribution is -1.79. The molecule has 6 rings (SSSR count). The molecule has 5 aromatic heterocycles. The Kier molecular flexibility index (Phi) is 184. The predicted octanol–water partition coefficient (Wildman–Crippen LogP) is 20.4. The van der Waals surface area contributed by atoms with Gasteiger partial charge in [0.1, 0.15) is 38.5 Å². The molecule has 0 bridgehead atoms. The topological polar surface area (TPSA) is 147 Å². The molecule has 0 atom stereocenters. The number of benzene rings is 1. The maximum Gasteiger partial charge on any atom is 0.119 e. The third kappa shape index (κ3) is 229. The smallest absolute Gasteiger partial charge is 0.119 e. The van der Waals surface area contributed by atoms with Crippen molar-refractivity contribution < 1.29 is 9.47 Å². The van der Waals surface area contributed by atoms with Crippen LogP contribution in [0.1, 0.15) is 229 Å². The van der Waals surface area contributed by atoms with Crippen LogP contribution in [0.4, 0.5) is 0 Å². The minimum absolute atomic E-state index is 0.563. The molecule has 12 heteroatoms. The van der Waals surface area contributed by atoms with Crippen LogP contribution in [0, 0.1) is 142 Å². The first-order chi connectivity index (χ1) is 49.0. The van der Waals surface area contributed by atoms with Gasteiger partial charge in [-0.2, -0.15) is 10.2 Å². The van der Waals surface area contributed by atoms with Crippen molar-refractivity contribution in [3.05, 3.63) is 160 Å². The summed E-state index contributed by atoms with van der Waals surface area (Å²) >= 11 is 0. The molecule has 0 saturated carbocycles. The van der Waals surface area contributed by atoms with Crippen LogP contribution in [0.15, 0.2) is 160 Å². The van der Waals surface area contributed by atoms with Gasteiger partial charge >= 0.3 is 0 Å². The van der Waals surface area contributed by atoms with E-state index in [0.29, 0.717) is 13.2 Å². The van der Waals surface area contributed by atoms with E-state index in [1.807, 2.05) is 219 Å². The zero-order chi connectivity index (χ0) is 77.7. The third-order valence-corrected chi connectivity index (χ3v) is 7.64. The molecule has 540 valence electrons. The highest BCUT2D eigenvalue weighted by atomic mass is 16.5. The average Bonchev–Trinajstić information content (AvgIpc) is 3.81. The second-order valence-electron chi connectivity index (χ2n) is 15.8. The van der Waals surface area contributed by atoms with Crippen molar-refractivity contribution in [1.82, 2.24) is 50.1 Å². The molecule has 1 aromatic carbocycles. The summed E-state index contributed by atoms with van der Waals surface area (Å²) in [5, 5.41) is 7.07. The van der Waals surface area contributed by atoms with Gasteiger partial charge in [0.2, 0.25) is 0 Å². The molecule has 0 spiro atoms. The van der Waals surface area contributed by atoms with E-state index in [9.17, 15) is 0 Å². The normalized spacial score (nSPS) is 6.48. The van der Waals surface area contributed by atoms with E-state index in [4.69, 9.17) is 0 Å². The van der Waals surface area contributed by atoms with E-state index in [2.05, 4.69) is 202 Å². The highest BCUT2D eigenvalue weighted by Crippen LogP contribution is 1.80. The highest BCUT2D eigenvalue weighted by Gasteiger charge is 1.66. The minimum atomic E-state index is 0.563. The predicted molar refractivity (Wildman–Crippen MR) is 434 cm³/mol. The fourth-order valence-corrected chi connectivity index (χ4v) is 3.93. The quantitative estimate of drug-likeness (QED) is 0.152. The number of rotatable bonds is 2. The summed E-state index contributed by atoms with van der Waals surface area (Å²) in [5.41, 5.74) is 0. The summed E-state index contributed by atoms with van der Waals surface area (Å²) in [7, 11) is 3.29. The zero-order valence-electron chi connectivity index (χ0n) is 66.2. The average molecular weight is 1360 g/mol. The van der Waals surface area contributed by atoms with Crippen LogP contribution < -0.4 is 0 Å². The molecule has 12 nitrogen and oxygen atoms in total. The van der Waals surface area contributed by atoms with Gasteiger partial charge in [-0.15, -0.1) is 130 Å². The highest BCUT2D eigenvalue weighted by molar-refractivity contribution is 5.01. The summed E-state index contributed by atoms with van der Waals surface area (Å²) in [4.78, 5) is 29.3. The monoisotopic (exact) mass is 1360 g/mol. The van der Waals surface area contributed by atoms with E-state index in [1.165, 1.54) is 25.3 Å². The van der Waals surface area contributed by atoms with Gasteiger partial charge in [0.15, 0.2) is 0 Å². The first-order valence-electron chi connectivity index (χ1n) is 33.3. The molecule has 0 saturated heterocycles. The lowest BCUT2D eigenvalue weighted by atomic mass is 10.4. The van der Waals surface area contributed by atoms with Crippen LogP contribution in [0.3, 0.4) is 0 Å². The third-order valence-electron chi connectivity index (χ3n) is 7.64. The van der Waals surface area contributed by atoms with E-state index in [0.717, 1.165) is 77.0 Å². The molecule has 5 heterocycles. The van der Waals surface area contributed by atoms with Crippen LogP contribution in [0.2, 0.25) is 0 Å². The number of hydrogen-bond acceptors (Lipinski definition) is 12. The molecule has 0 amide bonds.